The van der Waals surface area contributed by atoms with E-state index in [0.717, 1.165) is 13.0 Å². The highest BCUT2D eigenvalue weighted by Gasteiger charge is 2.18. The molecule has 0 radical (unpaired) electrons. The maximum absolute atomic E-state index is 12.4. The SMILES string of the molecule is CCCN(CCN(C)C)C(=O)c1cc(O)ccc1Cl. The summed E-state index contributed by atoms with van der Waals surface area (Å²) in [6.45, 7) is 4.15. The fourth-order valence-electron chi connectivity index (χ4n) is 1.75. The van der Waals surface area contributed by atoms with Gasteiger partial charge in [-0.1, -0.05) is 18.5 Å². The van der Waals surface area contributed by atoms with Crippen LogP contribution in [-0.4, -0.2) is 54.5 Å². The van der Waals surface area contributed by atoms with E-state index in [9.17, 15) is 9.90 Å². The van der Waals surface area contributed by atoms with E-state index in [1.165, 1.54) is 12.1 Å². The van der Waals surface area contributed by atoms with Crippen LogP contribution in [0.25, 0.3) is 0 Å². The van der Waals surface area contributed by atoms with Crippen LogP contribution in [0.5, 0.6) is 5.75 Å². The zero-order valence-corrected chi connectivity index (χ0v) is 12.4. The van der Waals surface area contributed by atoms with Gasteiger partial charge in [0.2, 0.25) is 0 Å². The van der Waals surface area contributed by atoms with Crippen LogP contribution < -0.4 is 0 Å². The number of rotatable bonds is 6. The summed E-state index contributed by atoms with van der Waals surface area (Å²) in [5.41, 5.74) is 0.355. The molecule has 106 valence electrons. The lowest BCUT2D eigenvalue weighted by atomic mass is 10.1. The van der Waals surface area contributed by atoms with Gasteiger partial charge in [0.15, 0.2) is 0 Å². The van der Waals surface area contributed by atoms with Crippen LogP contribution in [0.3, 0.4) is 0 Å². The minimum absolute atomic E-state index is 0.0526. The van der Waals surface area contributed by atoms with Crippen molar-refractivity contribution in [3.05, 3.63) is 28.8 Å². The maximum atomic E-state index is 12.4. The fourth-order valence-corrected chi connectivity index (χ4v) is 1.95. The second-order valence-electron chi connectivity index (χ2n) is 4.76. The first-order chi connectivity index (χ1) is 8.95. The normalized spacial score (nSPS) is 10.8. The quantitative estimate of drug-likeness (QED) is 0.873. The molecule has 1 N–H and O–H groups in total. The largest absolute Gasteiger partial charge is 0.508 e. The number of aromatic hydroxyl groups is 1. The summed E-state index contributed by atoms with van der Waals surface area (Å²) in [6.07, 6.45) is 0.885. The molecule has 1 aromatic rings. The lowest BCUT2D eigenvalue weighted by Gasteiger charge is -2.24. The molecule has 0 atom stereocenters. The van der Waals surface area contributed by atoms with Crippen LogP contribution in [0, 0.1) is 0 Å². The zero-order chi connectivity index (χ0) is 14.4. The van der Waals surface area contributed by atoms with Crippen LogP contribution in [-0.2, 0) is 0 Å². The summed E-state index contributed by atoms with van der Waals surface area (Å²) in [5, 5.41) is 9.85. The number of carbonyl (C=O) groups excluding carboxylic acids is 1. The van der Waals surface area contributed by atoms with Gasteiger partial charge in [-0.15, -0.1) is 0 Å². The van der Waals surface area contributed by atoms with E-state index in [0.29, 0.717) is 23.7 Å². The minimum Gasteiger partial charge on any atom is -0.508 e. The Hall–Kier alpha value is -1.26. The molecule has 1 amide bonds. The Labute approximate surface area is 119 Å². The average molecular weight is 285 g/mol. The Morgan fingerprint density at radius 2 is 1.95 bits per heavy atom. The molecule has 0 saturated heterocycles. The molecular formula is C14H21ClN2O2. The Morgan fingerprint density at radius 1 is 1.26 bits per heavy atom. The van der Waals surface area contributed by atoms with E-state index in [2.05, 4.69) is 0 Å². The number of amides is 1. The Balaban J connectivity index is 2.88. The Bertz CT molecular complexity index is 435. The van der Waals surface area contributed by atoms with Gasteiger partial charge in [-0.25, -0.2) is 0 Å². The fraction of sp³-hybridized carbons (Fsp3) is 0.500. The molecule has 19 heavy (non-hydrogen) atoms. The number of hydrogen-bond acceptors (Lipinski definition) is 3. The lowest BCUT2D eigenvalue weighted by Crippen LogP contribution is -2.37. The van der Waals surface area contributed by atoms with Gasteiger partial charge in [-0.3, -0.25) is 4.79 Å². The van der Waals surface area contributed by atoms with E-state index in [1.807, 2.05) is 25.9 Å². The molecule has 0 saturated carbocycles. The molecule has 0 heterocycles. The standard InChI is InChI=1S/C14H21ClN2O2/c1-4-7-17(9-8-16(2)3)14(19)12-10-11(18)5-6-13(12)15/h5-6,10,18H,4,7-9H2,1-3H3. The molecule has 0 fully saturated rings. The number of phenols is 1. The highest BCUT2D eigenvalue weighted by atomic mass is 35.5. The molecule has 4 nitrogen and oxygen atoms in total. The highest BCUT2D eigenvalue weighted by molar-refractivity contribution is 6.33. The van der Waals surface area contributed by atoms with Gasteiger partial charge in [0, 0.05) is 19.6 Å². The summed E-state index contributed by atoms with van der Waals surface area (Å²) in [7, 11) is 3.94. The predicted molar refractivity (Wildman–Crippen MR) is 77.9 cm³/mol. The van der Waals surface area contributed by atoms with Crippen molar-refractivity contribution in [2.75, 3.05) is 33.7 Å². The number of phenolic OH excluding ortho intramolecular Hbond substituents is 1. The van der Waals surface area contributed by atoms with E-state index in [4.69, 9.17) is 11.6 Å². The summed E-state index contributed by atoms with van der Waals surface area (Å²) >= 11 is 6.03. The zero-order valence-electron chi connectivity index (χ0n) is 11.7. The van der Waals surface area contributed by atoms with Crippen LogP contribution in [0.15, 0.2) is 18.2 Å². The molecule has 0 aliphatic rings. The topological polar surface area (TPSA) is 43.8 Å². The number of hydrogen-bond donors (Lipinski definition) is 1. The van der Waals surface area contributed by atoms with E-state index < -0.39 is 0 Å². The predicted octanol–water partition coefficient (Wildman–Crippen LogP) is 2.46. The monoisotopic (exact) mass is 284 g/mol. The van der Waals surface area contributed by atoms with Crippen LogP contribution >= 0.6 is 11.6 Å². The molecule has 0 aliphatic heterocycles. The number of halogens is 1. The highest BCUT2D eigenvalue weighted by Crippen LogP contribution is 2.22. The molecule has 1 aromatic carbocycles. The van der Waals surface area contributed by atoms with Gasteiger partial charge in [0.05, 0.1) is 10.6 Å². The van der Waals surface area contributed by atoms with Gasteiger partial charge in [-0.05, 0) is 38.7 Å². The van der Waals surface area contributed by atoms with Crippen molar-refractivity contribution < 1.29 is 9.90 Å². The Kier molecular flexibility index (Phi) is 6.12. The van der Waals surface area contributed by atoms with Crippen molar-refractivity contribution in [2.45, 2.75) is 13.3 Å². The smallest absolute Gasteiger partial charge is 0.255 e. The minimum atomic E-state index is -0.135. The molecule has 0 bridgehead atoms. The van der Waals surface area contributed by atoms with Gasteiger partial charge in [0.25, 0.3) is 5.91 Å². The van der Waals surface area contributed by atoms with Crippen molar-refractivity contribution in [3.63, 3.8) is 0 Å². The molecular weight excluding hydrogens is 264 g/mol. The first kappa shape index (κ1) is 15.8. The van der Waals surface area contributed by atoms with Gasteiger partial charge in [-0.2, -0.15) is 0 Å². The number of nitrogens with zero attached hydrogens (tertiary/aromatic N) is 2. The number of benzene rings is 1. The second kappa shape index (κ2) is 7.36. The summed E-state index contributed by atoms with van der Waals surface area (Å²) < 4.78 is 0. The number of likely N-dealkylation sites (N-methyl/N-ethyl adjacent to an activating group) is 1. The lowest BCUT2D eigenvalue weighted by molar-refractivity contribution is 0.0744. The van der Waals surface area contributed by atoms with Crippen molar-refractivity contribution in [2.24, 2.45) is 0 Å². The van der Waals surface area contributed by atoms with Crippen molar-refractivity contribution in [1.82, 2.24) is 9.80 Å². The van der Waals surface area contributed by atoms with Crippen molar-refractivity contribution >= 4 is 17.5 Å². The van der Waals surface area contributed by atoms with Gasteiger partial charge < -0.3 is 14.9 Å². The summed E-state index contributed by atoms with van der Waals surface area (Å²) in [5.74, 6) is -0.0820. The molecule has 0 spiro atoms. The summed E-state index contributed by atoms with van der Waals surface area (Å²) in [4.78, 5) is 16.2. The van der Waals surface area contributed by atoms with E-state index >= 15 is 0 Å². The Morgan fingerprint density at radius 3 is 2.53 bits per heavy atom. The third-order valence-electron chi connectivity index (χ3n) is 2.78. The first-order valence-corrected chi connectivity index (χ1v) is 6.76. The average Bonchev–Trinajstić information content (AvgIpc) is 2.36. The third-order valence-corrected chi connectivity index (χ3v) is 3.11. The van der Waals surface area contributed by atoms with Crippen LogP contribution in [0.1, 0.15) is 23.7 Å². The number of carbonyl (C=O) groups is 1. The van der Waals surface area contributed by atoms with E-state index in [1.54, 1.807) is 11.0 Å². The third kappa shape index (κ3) is 4.73. The van der Waals surface area contributed by atoms with Crippen LogP contribution in [0.2, 0.25) is 5.02 Å². The molecule has 0 aromatic heterocycles. The molecule has 1 rings (SSSR count). The summed E-state index contributed by atoms with van der Waals surface area (Å²) in [6, 6.07) is 4.44. The van der Waals surface area contributed by atoms with Crippen molar-refractivity contribution in [1.29, 1.82) is 0 Å². The van der Waals surface area contributed by atoms with Gasteiger partial charge >= 0.3 is 0 Å². The van der Waals surface area contributed by atoms with Crippen molar-refractivity contribution in [3.8, 4) is 5.75 Å². The maximum Gasteiger partial charge on any atom is 0.255 e. The molecule has 0 unspecified atom stereocenters. The van der Waals surface area contributed by atoms with E-state index in [-0.39, 0.29) is 11.7 Å². The second-order valence-corrected chi connectivity index (χ2v) is 5.17. The van der Waals surface area contributed by atoms with Crippen LogP contribution in [0.4, 0.5) is 0 Å². The first-order valence-electron chi connectivity index (χ1n) is 6.38. The molecule has 0 aliphatic carbocycles. The molecule has 5 heteroatoms. The van der Waals surface area contributed by atoms with Gasteiger partial charge in [0.1, 0.15) is 5.75 Å².